The molecule has 2 aliphatic carbocycles. The molecule has 1 saturated carbocycles. The van der Waals surface area contributed by atoms with Gasteiger partial charge in [-0.15, -0.1) is 0 Å². The maximum absolute atomic E-state index is 13.9. The Morgan fingerprint density at radius 2 is 1.59 bits per heavy atom. The van der Waals surface area contributed by atoms with Crippen molar-refractivity contribution >= 4 is 12.0 Å². The van der Waals surface area contributed by atoms with E-state index in [1.54, 1.807) is 0 Å². The normalized spacial score (nSPS) is 26.7. The molecule has 7 heteroatoms. The minimum atomic E-state index is -2.25. The molecule has 1 fully saturated rings. The number of carbonyl (C=O) groups is 1. The number of hydrogen-bond donors (Lipinski definition) is 0. The molecule has 0 N–H and O–H groups in total. The van der Waals surface area contributed by atoms with Crippen LogP contribution >= 0.6 is 0 Å². The first-order valence-corrected chi connectivity index (χ1v) is 9.16. The van der Waals surface area contributed by atoms with Gasteiger partial charge in [-0.25, -0.2) is 22.0 Å². The second-order valence-electron chi connectivity index (χ2n) is 7.65. The number of fused-ring (bicyclic) bond motifs is 2. The van der Waals surface area contributed by atoms with Crippen molar-refractivity contribution in [3.63, 3.8) is 0 Å². The lowest BCUT2D eigenvalue weighted by Gasteiger charge is -2.15. The standard InChI is InChI=1S/C22H17F5O2/c1-3-21(2)19(22(21)9-8-11-6-4-5-7-13(11)22)20(28)29-10-12-14(23)16(25)18(27)17(26)15(12)24/h4-9,19H,3,10H2,1-2H3/t19-,21-,22+/m0/s1. The van der Waals surface area contributed by atoms with E-state index >= 15 is 0 Å². The van der Waals surface area contributed by atoms with Gasteiger partial charge in [0.25, 0.3) is 0 Å². The number of hydrogen-bond acceptors (Lipinski definition) is 2. The first-order chi connectivity index (χ1) is 13.7. The fraction of sp³-hybridized carbons (Fsp3) is 0.318. The van der Waals surface area contributed by atoms with E-state index in [-0.39, 0.29) is 0 Å². The second kappa shape index (κ2) is 6.40. The van der Waals surface area contributed by atoms with Crippen molar-refractivity contribution in [2.24, 2.45) is 11.3 Å². The SMILES string of the molecule is CC[C@@]1(C)[C@H](C(=O)OCc2c(F)c(F)c(F)c(F)c2F)[C@]12C=Cc1ccccc12. The van der Waals surface area contributed by atoms with E-state index in [2.05, 4.69) is 0 Å². The fourth-order valence-electron chi connectivity index (χ4n) is 4.74. The van der Waals surface area contributed by atoms with Crippen LogP contribution in [-0.2, 0) is 21.6 Å². The number of carbonyl (C=O) groups excluding carboxylic acids is 1. The number of allylic oxidation sites excluding steroid dienone is 1. The van der Waals surface area contributed by atoms with Crippen molar-refractivity contribution in [3.8, 4) is 0 Å². The second-order valence-corrected chi connectivity index (χ2v) is 7.65. The quantitative estimate of drug-likeness (QED) is 0.292. The number of benzene rings is 2. The Morgan fingerprint density at radius 3 is 2.21 bits per heavy atom. The van der Waals surface area contributed by atoms with Crippen LogP contribution in [0, 0.1) is 40.4 Å². The Hall–Kier alpha value is -2.70. The molecule has 0 aliphatic heterocycles. The molecular formula is C22H17F5O2. The molecule has 2 nitrogen and oxygen atoms in total. The zero-order chi connectivity index (χ0) is 21.1. The summed E-state index contributed by atoms with van der Waals surface area (Å²) in [7, 11) is 0. The highest BCUT2D eigenvalue weighted by molar-refractivity contribution is 5.86. The van der Waals surface area contributed by atoms with Crippen molar-refractivity contribution in [2.75, 3.05) is 0 Å². The van der Waals surface area contributed by atoms with Gasteiger partial charge in [-0.2, -0.15) is 0 Å². The van der Waals surface area contributed by atoms with Crippen molar-refractivity contribution in [1.82, 2.24) is 0 Å². The molecule has 0 radical (unpaired) electrons. The first kappa shape index (κ1) is 19.6. The zero-order valence-corrected chi connectivity index (χ0v) is 15.7. The van der Waals surface area contributed by atoms with Crippen LogP contribution in [0.25, 0.3) is 6.08 Å². The first-order valence-electron chi connectivity index (χ1n) is 9.16. The van der Waals surface area contributed by atoms with Crippen LogP contribution in [0.3, 0.4) is 0 Å². The molecule has 0 aromatic heterocycles. The Labute approximate surface area is 164 Å². The summed E-state index contributed by atoms with van der Waals surface area (Å²) < 4.78 is 72.7. The molecule has 0 heterocycles. The fourth-order valence-corrected chi connectivity index (χ4v) is 4.74. The van der Waals surface area contributed by atoms with E-state index in [0.717, 1.165) is 11.1 Å². The lowest BCUT2D eigenvalue weighted by atomic mass is 9.87. The molecule has 1 spiro atoms. The van der Waals surface area contributed by atoms with Crippen LogP contribution in [-0.4, -0.2) is 5.97 Å². The van der Waals surface area contributed by atoms with E-state index in [1.807, 2.05) is 50.3 Å². The van der Waals surface area contributed by atoms with E-state index in [0.29, 0.717) is 6.42 Å². The van der Waals surface area contributed by atoms with Gasteiger partial charge >= 0.3 is 5.97 Å². The van der Waals surface area contributed by atoms with Gasteiger partial charge in [0.05, 0.1) is 11.5 Å². The Kier molecular flexibility index (Phi) is 4.33. The summed E-state index contributed by atoms with van der Waals surface area (Å²) in [6.45, 7) is 2.81. The van der Waals surface area contributed by atoms with Crippen LogP contribution in [0.15, 0.2) is 30.3 Å². The number of ether oxygens (including phenoxy) is 1. The van der Waals surface area contributed by atoms with Crippen LogP contribution < -0.4 is 0 Å². The van der Waals surface area contributed by atoms with Gasteiger partial charge in [-0.3, -0.25) is 4.79 Å². The van der Waals surface area contributed by atoms with Gasteiger partial charge < -0.3 is 4.74 Å². The largest absolute Gasteiger partial charge is 0.460 e. The summed E-state index contributed by atoms with van der Waals surface area (Å²) in [6.07, 6.45) is 4.49. The van der Waals surface area contributed by atoms with Gasteiger partial charge in [0.1, 0.15) is 6.61 Å². The molecule has 29 heavy (non-hydrogen) atoms. The van der Waals surface area contributed by atoms with Gasteiger partial charge in [-0.1, -0.05) is 50.3 Å². The molecule has 0 unspecified atom stereocenters. The maximum Gasteiger partial charge on any atom is 0.311 e. The summed E-state index contributed by atoms with van der Waals surface area (Å²) in [5.41, 5.74) is -0.315. The highest BCUT2D eigenvalue weighted by atomic mass is 19.2. The van der Waals surface area contributed by atoms with Gasteiger partial charge in [-0.05, 0) is 23.0 Å². The molecule has 3 atom stereocenters. The number of esters is 1. The topological polar surface area (TPSA) is 26.3 Å². The highest BCUT2D eigenvalue weighted by Gasteiger charge is 2.76. The Morgan fingerprint density at radius 1 is 1.00 bits per heavy atom. The molecule has 2 aromatic rings. The number of halogens is 5. The molecule has 4 rings (SSSR count). The third-order valence-electron chi connectivity index (χ3n) is 6.52. The van der Waals surface area contributed by atoms with Crippen molar-refractivity contribution in [1.29, 1.82) is 0 Å². The minimum absolute atomic E-state index is 0.483. The van der Waals surface area contributed by atoms with E-state index in [1.165, 1.54) is 0 Å². The predicted molar refractivity (Wildman–Crippen MR) is 95.1 cm³/mol. The van der Waals surface area contributed by atoms with Gasteiger partial charge in [0, 0.05) is 5.41 Å². The van der Waals surface area contributed by atoms with E-state index in [4.69, 9.17) is 4.74 Å². The average molecular weight is 408 g/mol. The summed E-state index contributed by atoms with van der Waals surface area (Å²) in [4.78, 5) is 12.8. The summed E-state index contributed by atoms with van der Waals surface area (Å²) in [5, 5.41) is 0. The van der Waals surface area contributed by atoms with E-state index < -0.39 is 64.0 Å². The Bertz CT molecular complexity index is 1030. The van der Waals surface area contributed by atoms with Crippen LogP contribution in [0.2, 0.25) is 0 Å². The summed E-state index contributed by atoms with van der Waals surface area (Å²) in [6, 6.07) is 7.58. The molecular weight excluding hydrogens is 391 g/mol. The summed E-state index contributed by atoms with van der Waals surface area (Å²) >= 11 is 0. The molecule has 2 aliphatic rings. The third kappa shape index (κ3) is 2.42. The van der Waals surface area contributed by atoms with E-state index in [9.17, 15) is 26.7 Å². The minimum Gasteiger partial charge on any atom is -0.460 e. The van der Waals surface area contributed by atoms with Gasteiger partial charge in [0.15, 0.2) is 23.3 Å². The van der Waals surface area contributed by atoms with Crippen LogP contribution in [0.1, 0.15) is 37.0 Å². The van der Waals surface area contributed by atoms with Gasteiger partial charge in [0.2, 0.25) is 5.82 Å². The molecule has 2 aromatic carbocycles. The smallest absolute Gasteiger partial charge is 0.311 e. The van der Waals surface area contributed by atoms with Crippen LogP contribution in [0.4, 0.5) is 22.0 Å². The Balaban J connectivity index is 1.62. The number of rotatable bonds is 4. The maximum atomic E-state index is 13.9. The van der Waals surface area contributed by atoms with Crippen molar-refractivity contribution in [2.45, 2.75) is 32.3 Å². The lowest BCUT2D eigenvalue weighted by molar-refractivity contribution is -0.147. The zero-order valence-electron chi connectivity index (χ0n) is 15.7. The van der Waals surface area contributed by atoms with Crippen molar-refractivity contribution in [3.05, 3.63) is 76.1 Å². The summed E-state index contributed by atoms with van der Waals surface area (Å²) in [5.74, 6) is -11.7. The van der Waals surface area contributed by atoms with Crippen molar-refractivity contribution < 1.29 is 31.5 Å². The lowest BCUT2D eigenvalue weighted by Crippen LogP contribution is -2.16. The molecule has 0 saturated heterocycles. The molecule has 0 amide bonds. The van der Waals surface area contributed by atoms with Crippen LogP contribution in [0.5, 0.6) is 0 Å². The average Bonchev–Trinajstić information content (AvgIpc) is 3.05. The molecule has 0 bridgehead atoms. The third-order valence-corrected chi connectivity index (χ3v) is 6.52. The highest BCUT2D eigenvalue weighted by Crippen LogP contribution is 2.74. The monoisotopic (exact) mass is 408 g/mol. The predicted octanol–water partition coefficient (Wildman–Crippen LogP) is 5.44. The molecule has 152 valence electrons.